The number of aliphatic hydroxyl groups excluding tert-OH is 1. The van der Waals surface area contributed by atoms with E-state index in [0.717, 1.165) is 31.2 Å². The number of benzene rings is 3. The molecular formula is C30H28ClNO5. The van der Waals surface area contributed by atoms with Crippen molar-refractivity contribution in [1.29, 1.82) is 0 Å². The largest absolute Gasteiger partial charge is 0.507 e. The number of nitrogens with zero attached hydrogens (tertiary/aromatic N) is 1. The maximum absolute atomic E-state index is 13.6. The van der Waals surface area contributed by atoms with Crippen molar-refractivity contribution in [1.82, 2.24) is 0 Å². The Hall–Kier alpha value is -3.77. The molecule has 190 valence electrons. The van der Waals surface area contributed by atoms with Gasteiger partial charge in [-0.25, -0.2) is 0 Å². The molecule has 6 nitrogen and oxygen atoms in total. The zero-order valence-electron chi connectivity index (χ0n) is 21.0. The van der Waals surface area contributed by atoms with Gasteiger partial charge in [0.15, 0.2) is 11.5 Å². The van der Waals surface area contributed by atoms with Crippen LogP contribution in [0.25, 0.3) is 5.76 Å². The smallest absolute Gasteiger partial charge is 0.300 e. The average Bonchev–Trinajstić information content (AvgIpc) is 3.19. The van der Waals surface area contributed by atoms with Crippen molar-refractivity contribution in [2.24, 2.45) is 0 Å². The van der Waals surface area contributed by atoms with E-state index in [9.17, 15) is 14.7 Å². The fraction of sp³-hybridized carbons (Fsp3) is 0.267. The van der Waals surface area contributed by atoms with Crippen LogP contribution in [0.1, 0.15) is 46.7 Å². The molecule has 1 atom stereocenters. The molecule has 3 aromatic rings. The molecule has 5 rings (SSSR count). The number of rotatable bonds is 5. The summed E-state index contributed by atoms with van der Waals surface area (Å²) in [6, 6.07) is 15.3. The number of ketones is 1. The SMILES string of the molecule is COc1ccc(C2/C(=C(\O)c3ccc4c(c3)CCCC4)C(=O)C(=O)N2c2cccc(Cl)c2C)cc1OC. The number of fused-ring (bicyclic) bond motifs is 1. The third kappa shape index (κ3) is 4.25. The van der Waals surface area contributed by atoms with Gasteiger partial charge >= 0.3 is 0 Å². The van der Waals surface area contributed by atoms with Crippen LogP contribution >= 0.6 is 11.6 Å². The Morgan fingerprint density at radius 1 is 0.946 bits per heavy atom. The first-order valence-corrected chi connectivity index (χ1v) is 12.6. The normalized spacial score (nSPS) is 18.6. The number of hydrogen-bond donors (Lipinski definition) is 1. The van der Waals surface area contributed by atoms with Crippen molar-refractivity contribution in [3.05, 3.63) is 93.0 Å². The highest BCUT2D eigenvalue weighted by Crippen LogP contribution is 2.45. The van der Waals surface area contributed by atoms with E-state index >= 15 is 0 Å². The molecule has 7 heteroatoms. The number of aryl methyl sites for hydroxylation is 2. The molecule has 2 aliphatic rings. The first kappa shape index (κ1) is 24.9. The Bertz CT molecular complexity index is 1440. The minimum absolute atomic E-state index is 0.0207. The minimum atomic E-state index is -0.895. The number of halogens is 1. The quantitative estimate of drug-likeness (QED) is 0.249. The van der Waals surface area contributed by atoms with Gasteiger partial charge in [0.05, 0.1) is 25.8 Å². The van der Waals surface area contributed by atoms with Gasteiger partial charge in [-0.1, -0.05) is 35.9 Å². The van der Waals surface area contributed by atoms with Gasteiger partial charge in [0.25, 0.3) is 11.7 Å². The number of hydrogen-bond acceptors (Lipinski definition) is 5. The molecule has 0 saturated carbocycles. The average molecular weight is 518 g/mol. The lowest BCUT2D eigenvalue weighted by molar-refractivity contribution is -0.132. The molecule has 0 bridgehead atoms. The van der Waals surface area contributed by atoms with Crippen molar-refractivity contribution >= 4 is 34.7 Å². The molecule has 1 amide bonds. The van der Waals surface area contributed by atoms with E-state index in [-0.39, 0.29) is 11.3 Å². The second-order valence-electron chi connectivity index (χ2n) is 9.36. The van der Waals surface area contributed by atoms with Crippen molar-refractivity contribution in [2.45, 2.75) is 38.6 Å². The molecule has 37 heavy (non-hydrogen) atoms. The number of amides is 1. The Kier molecular flexibility index (Phi) is 6.69. The molecule has 1 aliphatic heterocycles. The molecule has 1 aliphatic carbocycles. The van der Waals surface area contributed by atoms with E-state index in [1.165, 1.54) is 24.7 Å². The van der Waals surface area contributed by atoms with E-state index in [2.05, 4.69) is 0 Å². The van der Waals surface area contributed by atoms with Crippen LogP contribution in [0.5, 0.6) is 11.5 Å². The molecular weight excluding hydrogens is 490 g/mol. The van der Waals surface area contributed by atoms with Crippen LogP contribution in [0.4, 0.5) is 5.69 Å². The van der Waals surface area contributed by atoms with E-state index in [1.54, 1.807) is 43.3 Å². The molecule has 1 fully saturated rings. The third-order valence-corrected chi connectivity index (χ3v) is 7.70. The summed E-state index contributed by atoms with van der Waals surface area (Å²) in [7, 11) is 3.06. The number of aliphatic hydroxyl groups is 1. The number of anilines is 1. The molecule has 0 radical (unpaired) electrons. The van der Waals surface area contributed by atoms with Crippen LogP contribution in [-0.2, 0) is 22.4 Å². The topological polar surface area (TPSA) is 76.1 Å². The van der Waals surface area contributed by atoms with Crippen molar-refractivity contribution in [2.75, 3.05) is 19.1 Å². The highest BCUT2D eigenvalue weighted by Gasteiger charge is 2.47. The Morgan fingerprint density at radius 2 is 1.68 bits per heavy atom. The molecule has 0 spiro atoms. The predicted molar refractivity (Wildman–Crippen MR) is 144 cm³/mol. The summed E-state index contributed by atoms with van der Waals surface area (Å²) < 4.78 is 10.9. The van der Waals surface area contributed by atoms with Gasteiger partial charge in [-0.05, 0) is 85.2 Å². The van der Waals surface area contributed by atoms with Crippen LogP contribution in [-0.4, -0.2) is 31.0 Å². The first-order chi connectivity index (χ1) is 17.8. The summed E-state index contributed by atoms with van der Waals surface area (Å²) in [6.45, 7) is 1.80. The van der Waals surface area contributed by atoms with E-state index in [4.69, 9.17) is 21.1 Å². The zero-order chi connectivity index (χ0) is 26.3. The third-order valence-electron chi connectivity index (χ3n) is 7.29. The van der Waals surface area contributed by atoms with E-state index in [0.29, 0.717) is 38.9 Å². The summed E-state index contributed by atoms with van der Waals surface area (Å²) >= 11 is 6.40. The molecule has 1 saturated heterocycles. The van der Waals surface area contributed by atoms with Gasteiger partial charge in [-0.3, -0.25) is 14.5 Å². The van der Waals surface area contributed by atoms with Crippen LogP contribution in [0.15, 0.2) is 60.2 Å². The maximum Gasteiger partial charge on any atom is 0.300 e. The van der Waals surface area contributed by atoms with Gasteiger partial charge in [0, 0.05) is 16.3 Å². The molecule has 1 heterocycles. The Morgan fingerprint density at radius 3 is 2.41 bits per heavy atom. The van der Waals surface area contributed by atoms with Crippen LogP contribution in [0.3, 0.4) is 0 Å². The second-order valence-corrected chi connectivity index (χ2v) is 9.77. The first-order valence-electron chi connectivity index (χ1n) is 12.3. The summed E-state index contributed by atoms with van der Waals surface area (Å²) in [5.41, 5.74) is 4.71. The fourth-order valence-electron chi connectivity index (χ4n) is 5.31. The number of Topliss-reactive ketones (excluding diaryl/α,β-unsaturated/α-hetero) is 1. The monoisotopic (exact) mass is 517 g/mol. The highest BCUT2D eigenvalue weighted by molar-refractivity contribution is 6.52. The number of ether oxygens (including phenoxy) is 2. The van der Waals surface area contributed by atoms with Gasteiger partial charge in [-0.15, -0.1) is 0 Å². The van der Waals surface area contributed by atoms with Crippen LogP contribution < -0.4 is 14.4 Å². The molecule has 1 unspecified atom stereocenters. The minimum Gasteiger partial charge on any atom is -0.507 e. The van der Waals surface area contributed by atoms with Gasteiger partial charge in [0.1, 0.15) is 5.76 Å². The number of methoxy groups -OCH3 is 2. The van der Waals surface area contributed by atoms with Crippen molar-refractivity contribution in [3.63, 3.8) is 0 Å². The van der Waals surface area contributed by atoms with Crippen LogP contribution in [0.2, 0.25) is 5.02 Å². The van der Waals surface area contributed by atoms with E-state index in [1.807, 2.05) is 18.2 Å². The Labute approximate surface area is 221 Å². The lowest BCUT2D eigenvalue weighted by atomic mass is 9.88. The molecule has 0 aromatic heterocycles. The summed E-state index contributed by atoms with van der Waals surface area (Å²) in [6.07, 6.45) is 4.15. The summed E-state index contributed by atoms with van der Waals surface area (Å²) in [5.74, 6) is -0.730. The van der Waals surface area contributed by atoms with Crippen LogP contribution in [0, 0.1) is 6.92 Å². The lowest BCUT2D eigenvalue weighted by Gasteiger charge is -2.27. The molecule has 3 aromatic carbocycles. The Balaban J connectivity index is 1.74. The summed E-state index contributed by atoms with van der Waals surface area (Å²) in [5, 5.41) is 12.0. The van der Waals surface area contributed by atoms with Gasteiger partial charge in [-0.2, -0.15) is 0 Å². The van der Waals surface area contributed by atoms with E-state index < -0.39 is 17.7 Å². The molecule has 1 N–H and O–H groups in total. The maximum atomic E-state index is 13.6. The number of carbonyl (C=O) groups excluding carboxylic acids is 2. The fourth-order valence-corrected chi connectivity index (χ4v) is 5.48. The summed E-state index contributed by atoms with van der Waals surface area (Å²) in [4.78, 5) is 28.5. The van der Waals surface area contributed by atoms with Gasteiger partial charge < -0.3 is 14.6 Å². The van der Waals surface area contributed by atoms with Crippen molar-refractivity contribution < 1.29 is 24.2 Å². The zero-order valence-corrected chi connectivity index (χ0v) is 21.8. The van der Waals surface area contributed by atoms with Gasteiger partial charge in [0.2, 0.25) is 0 Å². The standard InChI is InChI=1S/C30H28ClNO5/c1-17-22(31)9-6-10-23(17)32-27(20-13-14-24(36-2)25(16-20)37-3)26(29(34)30(32)35)28(33)21-12-11-18-7-4-5-8-19(18)15-21/h6,9-16,27,33H,4-5,7-8H2,1-3H3/b28-26+. The highest BCUT2D eigenvalue weighted by atomic mass is 35.5. The second kappa shape index (κ2) is 9.94. The lowest BCUT2D eigenvalue weighted by Crippen LogP contribution is -2.30. The predicted octanol–water partition coefficient (Wildman–Crippen LogP) is 6.17. The number of carbonyl (C=O) groups is 2. The van der Waals surface area contributed by atoms with Crippen molar-refractivity contribution in [3.8, 4) is 11.5 Å².